The normalized spacial score (nSPS) is 19.8. The van der Waals surface area contributed by atoms with Gasteiger partial charge in [0.05, 0.1) is 25.9 Å². The summed E-state index contributed by atoms with van der Waals surface area (Å²) in [5, 5.41) is 10.1. The molecule has 222 valence electrons. The number of hydrogen-bond donors (Lipinski definition) is 2. The number of rotatable bonds is 4. The maximum atomic E-state index is 13.1. The van der Waals surface area contributed by atoms with Gasteiger partial charge in [0, 0.05) is 63.0 Å². The third-order valence-corrected chi connectivity index (χ3v) is 7.61. The molecule has 0 radical (unpaired) electrons. The average Bonchev–Trinajstić information content (AvgIpc) is 3.41. The van der Waals surface area contributed by atoms with Crippen molar-refractivity contribution in [2.75, 3.05) is 26.7 Å². The Balaban J connectivity index is 1.31. The van der Waals surface area contributed by atoms with E-state index in [1.807, 2.05) is 42.3 Å². The first kappa shape index (κ1) is 29.1. The van der Waals surface area contributed by atoms with Crippen LogP contribution < -0.4 is 20.1 Å². The smallest absolute Gasteiger partial charge is 0.251 e. The predicted molar refractivity (Wildman–Crippen MR) is 154 cm³/mol. The van der Waals surface area contributed by atoms with Crippen LogP contribution >= 0.6 is 0 Å². The van der Waals surface area contributed by atoms with Crippen LogP contribution in [0.4, 0.5) is 0 Å². The van der Waals surface area contributed by atoms with Gasteiger partial charge in [0.2, 0.25) is 11.8 Å². The van der Waals surface area contributed by atoms with Crippen molar-refractivity contribution in [3.8, 4) is 17.2 Å². The van der Waals surface area contributed by atoms with Gasteiger partial charge in [-0.2, -0.15) is 5.10 Å². The Morgan fingerprint density at radius 3 is 2.83 bits per heavy atom. The monoisotopic (exact) mass is 575 g/mol. The number of nitrogens with zero attached hydrogens (tertiary/aromatic N) is 3. The first-order valence-corrected chi connectivity index (χ1v) is 14.3. The van der Waals surface area contributed by atoms with Crippen molar-refractivity contribution >= 4 is 17.7 Å². The van der Waals surface area contributed by atoms with E-state index >= 15 is 0 Å². The topological polar surface area (TPSA) is 124 Å². The number of aryl methyl sites for hydroxylation is 2. The molecule has 11 nitrogen and oxygen atoms in total. The SMILES string of the molecule is COc1cc2cc(c1)C(=O)NCCCC(=O)N[C@H]1CN(C(=O)CCc3ccnn3C)CC[C@@H]1OCc1cccc(c1)O2. The standard InChI is InChI=1S/C31H37N5O6/c1-35-23(10-13-33-35)8-9-30(38)36-14-11-28-27(19-36)34-29(37)7-4-12-32-31(39)22-16-25(40-2)18-26(17-22)42-24-6-3-5-21(15-24)20-41-28/h3,5-6,10,13,15-18,27-28H,4,7-9,11-12,14,19-20H2,1-2H3,(H,32,39)(H,34,37)/t27-,28-/m0/s1. The molecule has 3 heterocycles. The Morgan fingerprint density at radius 1 is 1.14 bits per heavy atom. The summed E-state index contributed by atoms with van der Waals surface area (Å²) in [5.41, 5.74) is 2.29. The molecule has 0 unspecified atom stereocenters. The molecule has 3 amide bonds. The van der Waals surface area contributed by atoms with Crippen molar-refractivity contribution in [3.63, 3.8) is 0 Å². The predicted octanol–water partition coefficient (Wildman–Crippen LogP) is 2.98. The lowest BCUT2D eigenvalue weighted by atomic mass is 10.0. The Hall–Kier alpha value is -4.38. The molecule has 3 aromatic rings. The molecule has 42 heavy (non-hydrogen) atoms. The number of carbonyl (C=O) groups is 3. The van der Waals surface area contributed by atoms with E-state index in [4.69, 9.17) is 14.2 Å². The molecule has 2 N–H and O–H groups in total. The molecular weight excluding hydrogens is 538 g/mol. The van der Waals surface area contributed by atoms with Crippen LogP contribution in [0.3, 0.4) is 0 Å². The Labute approximate surface area is 245 Å². The van der Waals surface area contributed by atoms with Crippen molar-refractivity contribution in [1.82, 2.24) is 25.3 Å². The summed E-state index contributed by atoms with van der Waals surface area (Å²) in [7, 11) is 3.40. The fourth-order valence-electron chi connectivity index (χ4n) is 5.28. The second kappa shape index (κ2) is 13.5. The molecule has 2 aliphatic heterocycles. The van der Waals surface area contributed by atoms with E-state index in [0.29, 0.717) is 74.7 Å². The zero-order valence-corrected chi connectivity index (χ0v) is 24.0. The number of carbonyl (C=O) groups excluding carboxylic acids is 3. The third kappa shape index (κ3) is 7.47. The number of nitrogens with one attached hydrogen (secondary N) is 2. The lowest BCUT2D eigenvalue weighted by Gasteiger charge is -2.39. The summed E-state index contributed by atoms with van der Waals surface area (Å²) in [6.07, 6.45) is 3.71. The minimum absolute atomic E-state index is 0.0377. The van der Waals surface area contributed by atoms with E-state index < -0.39 is 0 Å². The van der Waals surface area contributed by atoms with Crippen LogP contribution in [0.5, 0.6) is 17.2 Å². The van der Waals surface area contributed by atoms with E-state index in [9.17, 15) is 14.4 Å². The summed E-state index contributed by atoms with van der Waals surface area (Å²) in [6.45, 7) is 1.56. The first-order chi connectivity index (χ1) is 20.4. The van der Waals surface area contributed by atoms with Gasteiger partial charge in [-0.15, -0.1) is 0 Å². The molecule has 1 fully saturated rings. The van der Waals surface area contributed by atoms with Gasteiger partial charge < -0.3 is 29.7 Å². The van der Waals surface area contributed by atoms with E-state index in [0.717, 1.165) is 11.3 Å². The Bertz CT molecular complexity index is 1420. The molecule has 1 saturated heterocycles. The Kier molecular flexibility index (Phi) is 9.38. The number of fused-ring (bicyclic) bond motifs is 5. The fourth-order valence-corrected chi connectivity index (χ4v) is 5.28. The Morgan fingerprint density at radius 2 is 2.02 bits per heavy atom. The summed E-state index contributed by atoms with van der Waals surface area (Å²) in [6, 6.07) is 14.1. The summed E-state index contributed by atoms with van der Waals surface area (Å²) in [4.78, 5) is 40.7. The molecule has 2 aliphatic rings. The lowest BCUT2D eigenvalue weighted by molar-refractivity contribution is -0.137. The summed E-state index contributed by atoms with van der Waals surface area (Å²) >= 11 is 0. The van der Waals surface area contributed by atoms with Crippen molar-refractivity contribution in [3.05, 3.63) is 71.5 Å². The van der Waals surface area contributed by atoms with Crippen LogP contribution in [0.1, 0.15) is 47.3 Å². The number of likely N-dealkylation sites (tertiary alicyclic amines) is 1. The van der Waals surface area contributed by atoms with Crippen molar-refractivity contribution < 1.29 is 28.6 Å². The van der Waals surface area contributed by atoms with Gasteiger partial charge in [-0.3, -0.25) is 19.1 Å². The maximum Gasteiger partial charge on any atom is 0.251 e. The number of ether oxygens (including phenoxy) is 3. The largest absolute Gasteiger partial charge is 0.497 e. The van der Waals surface area contributed by atoms with Crippen molar-refractivity contribution in [2.24, 2.45) is 7.05 Å². The molecule has 11 heteroatoms. The third-order valence-electron chi connectivity index (χ3n) is 7.61. The minimum atomic E-state index is -0.355. The molecule has 0 spiro atoms. The summed E-state index contributed by atoms with van der Waals surface area (Å²) < 4.78 is 19.6. The van der Waals surface area contributed by atoms with Gasteiger partial charge in [0.15, 0.2) is 0 Å². The molecule has 4 bridgehead atoms. The van der Waals surface area contributed by atoms with Crippen LogP contribution in [0, 0.1) is 0 Å². The van der Waals surface area contributed by atoms with Gasteiger partial charge in [-0.1, -0.05) is 12.1 Å². The first-order valence-electron chi connectivity index (χ1n) is 14.3. The van der Waals surface area contributed by atoms with E-state index in [2.05, 4.69) is 15.7 Å². The molecule has 1 aromatic heterocycles. The number of piperidine rings is 1. The molecule has 0 aliphatic carbocycles. The quantitative estimate of drug-likeness (QED) is 0.490. The number of amides is 3. The fraction of sp³-hybridized carbons (Fsp3) is 0.419. The molecule has 2 atom stereocenters. The minimum Gasteiger partial charge on any atom is -0.497 e. The van der Waals surface area contributed by atoms with Crippen LogP contribution in [-0.2, 0) is 34.4 Å². The van der Waals surface area contributed by atoms with Crippen LogP contribution in [0.15, 0.2) is 54.7 Å². The molecule has 0 saturated carbocycles. The summed E-state index contributed by atoms with van der Waals surface area (Å²) in [5.74, 6) is 1.17. The molecule has 2 aromatic carbocycles. The van der Waals surface area contributed by atoms with Gasteiger partial charge in [0.25, 0.3) is 5.91 Å². The number of benzene rings is 2. The van der Waals surface area contributed by atoms with Gasteiger partial charge in [-0.25, -0.2) is 0 Å². The molecular formula is C31H37N5O6. The van der Waals surface area contributed by atoms with Gasteiger partial charge in [0.1, 0.15) is 17.2 Å². The zero-order valence-electron chi connectivity index (χ0n) is 24.0. The van der Waals surface area contributed by atoms with Crippen LogP contribution in [-0.4, -0.2) is 71.3 Å². The van der Waals surface area contributed by atoms with Crippen molar-refractivity contribution in [2.45, 2.75) is 50.9 Å². The maximum absolute atomic E-state index is 13.1. The van der Waals surface area contributed by atoms with Crippen LogP contribution in [0.2, 0.25) is 0 Å². The highest BCUT2D eigenvalue weighted by molar-refractivity contribution is 5.95. The van der Waals surface area contributed by atoms with Crippen LogP contribution in [0.25, 0.3) is 0 Å². The van der Waals surface area contributed by atoms with E-state index in [1.165, 1.54) is 7.11 Å². The van der Waals surface area contributed by atoms with E-state index in [-0.39, 0.29) is 36.3 Å². The highest BCUT2D eigenvalue weighted by Crippen LogP contribution is 2.29. The average molecular weight is 576 g/mol. The number of methoxy groups -OCH3 is 1. The highest BCUT2D eigenvalue weighted by Gasteiger charge is 2.33. The van der Waals surface area contributed by atoms with E-state index in [1.54, 1.807) is 29.1 Å². The van der Waals surface area contributed by atoms with Gasteiger partial charge in [-0.05, 0) is 55.2 Å². The highest BCUT2D eigenvalue weighted by atomic mass is 16.5. The second-order valence-corrected chi connectivity index (χ2v) is 10.6. The lowest BCUT2D eigenvalue weighted by Crippen LogP contribution is -2.57. The van der Waals surface area contributed by atoms with Gasteiger partial charge >= 0.3 is 0 Å². The second-order valence-electron chi connectivity index (χ2n) is 10.6. The molecule has 5 rings (SSSR count). The number of hydrogen-bond acceptors (Lipinski definition) is 7. The number of aromatic nitrogens is 2. The van der Waals surface area contributed by atoms with Crippen molar-refractivity contribution in [1.29, 1.82) is 0 Å². The zero-order chi connectivity index (χ0) is 29.5.